The molecule has 0 saturated carbocycles. The zero-order valence-corrected chi connectivity index (χ0v) is 40.0. The van der Waals surface area contributed by atoms with Gasteiger partial charge in [-0.15, -0.1) is 0 Å². The molecular weight excluding hydrogens is 786 g/mol. The van der Waals surface area contributed by atoms with E-state index < -0.39 is 32.5 Å². The fraction of sp³-hybridized carbons (Fsp3) is 0.765. The first kappa shape index (κ1) is 58.7. The molecule has 0 saturated heterocycles. The Bertz CT molecular complexity index is 1180. The Labute approximate surface area is 374 Å². The Balaban J connectivity index is 4.13. The number of phosphoric acid groups is 1. The number of ether oxygens (including phenoxy) is 2. The average Bonchev–Trinajstić information content (AvgIpc) is 3.25. The summed E-state index contributed by atoms with van der Waals surface area (Å²) in [4.78, 5) is 35.0. The van der Waals surface area contributed by atoms with Gasteiger partial charge in [-0.3, -0.25) is 18.6 Å². The van der Waals surface area contributed by atoms with E-state index in [4.69, 9.17) is 24.3 Å². The molecule has 0 aliphatic heterocycles. The highest BCUT2D eigenvalue weighted by molar-refractivity contribution is 7.47. The van der Waals surface area contributed by atoms with Gasteiger partial charge < -0.3 is 20.1 Å². The molecule has 0 radical (unpaired) electrons. The normalized spacial score (nSPS) is 13.7. The van der Waals surface area contributed by atoms with Gasteiger partial charge in [-0.2, -0.15) is 0 Å². The van der Waals surface area contributed by atoms with Gasteiger partial charge in [0.05, 0.1) is 13.2 Å². The highest BCUT2D eigenvalue weighted by Gasteiger charge is 2.26. The van der Waals surface area contributed by atoms with Gasteiger partial charge in [0.15, 0.2) is 6.10 Å². The lowest BCUT2D eigenvalue weighted by atomic mass is 10.0. The van der Waals surface area contributed by atoms with Crippen molar-refractivity contribution in [2.45, 2.75) is 225 Å². The second-order valence-corrected chi connectivity index (χ2v) is 17.8. The Kier molecular flexibility index (Phi) is 45.4. The fourth-order valence-electron chi connectivity index (χ4n) is 6.67. The molecule has 0 aliphatic carbocycles. The molecule has 0 bridgehead atoms. The topological polar surface area (TPSA) is 134 Å². The Morgan fingerprint density at radius 3 is 1.33 bits per heavy atom. The van der Waals surface area contributed by atoms with Crippen LogP contribution in [0.25, 0.3) is 0 Å². The minimum absolute atomic E-state index is 0.0468. The van der Waals surface area contributed by atoms with Crippen LogP contribution in [0.3, 0.4) is 0 Å². The van der Waals surface area contributed by atoms with Crippen LogP contribution in [0.5, 0.6) is 0 Å². The molecule has 0 fully saturated rings. The van der Waals surface area contributed by atoms with Gasteiger partial charge in [0.1, 0.15) is 6.61 Å². The summed E-state index contributed by atoms with van der Waals surface area (Å²) in [6.45, 7) is 3.68. The van der Waals surface area contributed by atoms with Crippen molar-refractivity contribution < 1.29 is 37.6 Å². The van der Waals surface area contributed by atoms with Gasteiger partial charge in [0.25, 0.3) is 0 Å². The number of rotatable bonds is 46. The summed E-state index contributed by atoms with van der Waals surface area (Å²) in [5.41, 5.74) is 5.36. The predicted molar refractivity (Wildman–Crippen MR) is 256 cm³/mol. The number of hydrogen-bond donors (Lipinski definition) is 2. The molecule has 0 heterocycles. The van der Waals surface area contributed by atoms with E-state index in [0.717, 1.165) is 57.8 Å². The van der Waals surface area contributed by atoms with Crippen LogP contribution >= 0.6 is 7.82 Å². The van der Waals surface area contributed by atoms with Crippen LogP contribution < -0.4 is 5.73 Å². The molecule has 3 N–H and O–H groups in total. The second-order valence-electron chi connectivity index (χ2n) is 16.3. The quantitative estimate of drug-likeness (QED) is 0.0265. The van der Waals surface area contributed by atoms with Gasteiger partial charge in [0.2, 0.25) is 0 Å². The summed E-state index contributed by atoms with van der Waals surface area (Å²) in [6.07, 6.45) is 56.8. The standard InChI is InChI=1S/C51H92NO8P/c1-3-5-7-9-11-13-15-17-19-21-23-24-26-28-30-32-34-36-38-40-42-44-51(54)60-49(48-59-61(55,56)58-46-45-52)47-57-50(53)43-41-39-37-35-33-31-29-27-25-22-20-18-16-14-12-10-8-6-4-2/h12,14,17-20,25,27,31,33,49H,3-11,13,15-16,21-24,26,28-30,32,34-48,52H2,1-2H3,(H,55,56)/b14-12+,19-17+,20-18+,27-25+,33-31+/t49-/m1/s1. The van der Waals surface area contributed by atoms with Gasteiger partial charge in [-0.1, -0.05) is 184 Å². The van der Waals surface area contributed by atoms with Crippen molar-refractivity contribution in [3.8, 4) is 0 Å². The third-order valence-corrected chi connectivity index (χ3v) is 11.4. The maximum Gasteiger partial charge on any atom is 0.472 e. The summed E-state index contributed by atoms with van der Waals surface area (Å²) in [5.74, 6) is -0.863. The first-order valence-electron chi connectivity index (χ1n) is 24.8. The van der Waals surface area contributed by atoms with E-state index in [0.29, 0.717) is 12.8 Å². The van der Waals surface area contributed by atoms with Crippen LogP contribution in [0.15, 0.2) is 60.8 Å². The molecule has 61 heavy (non-hydrogen) atoms. The smallest absolute Gasteiger partial charge is 0.462 e. The molecule has 0 spiro atoms. The lowest BCUT2D eigenvalue weighted by Gasteiger charge is -2.19. The highest BCUT2D eigenvalue weighted by Crippen LogP contribution is 2.43. The first-order valence-corrected chi connectivity index (χ1v) is 26.3. The molecule has 0 aromatic heterocycles. The predicted octanol–water partition coefficient (Wildman–Crippen LogP) is 14.8. The fourth-order valence-corrected chi connectivity index (χ4v) is 7.44. The maximum atomic E-state index is 12.6. The largest absolute Gasteiger partial charge is 0.472 e. The summed E-state index contributed by atoms with van der Waals surface area (Å²) in [6, 6.07) is 0. The minimum atomic E-state index is -4.39. The van der Waals surface area contributed by atoms with Crippen molar-refractivity contribution in [2.75, 3.05) is 26.4 Å². The van der Waals surface area contributed by atoms with Crippen molar-refractivity contribution in [3.05, 3.63) is 60.8 Å². The molecule has 0 amide bonds. The summed E-state index contributed by atoms with van der Waals surface area (Å²) in [5, 5.41) is 0. The van der Waals surface area contributed by atoms with E-state index in [1.165, 1.54) is 122 Å². The van der Waals surface area contributed by atoms with E-state index in [2.05, 4.69) is 74.6 Å². The van der Waals surface area contributed by atoms with E-state index in [-0.39, 0.29) is 32.6 Å². The van der Waals surface area contributed by atoms with E-state index in [1.54, 1.807) is 0 Å². The van der Waals surface area contributed by atoms with Crippen molar-refractivity contribution >= 4 is 19.8 Å². The van der Waals surface area contributed by atoms with Crippen LogP contribution in [0.4, 0.5) is 0 Å². The van der Waals surface area contributed by atoms with Crippen molar-refractivity contribution in [1.29, 1.82) is 0 Å². The van der Waals surface area contributed by atoms with E-state index in [1.807, 2.05) is 0 Å². The maximum absolute atomic E-state index is 12.6. The number of nitrogens with two attached hydrogens (primary N) is 1. The molecular formula is C51H92NO8P. The number of allylic oxidation sites excluding steroid dienone is 10. The van der Waals surface area contributed by atoms with Gasteiger partial charge >= 0.3 is 19.8 Å². The average molecular weight is 878 g/mol. The number of unbranched alkanes of at least 4 members (excludes halogenated alkanes) is 23. The molecule has 2 atom stereocenters. The Morgan fingerprint density at radius 1 is 0.492 bits per heavy atom. The lowest BCUT2D eigenvalue weighted by molar-refractivity contribution is -0.161. The molecule has 0 aromatic carbocycles. The first-order chi connectivity index (χ1) is 29.8. The third-order valence-electron chi connectivity index (χ3n) is 10.4. The monoisotopic (exact) mass is 878 g/mol. The highest BCUT2D eigenvalue weighted by atomic mass is 31.2. The Morgan fingerprint density at radius 2 is 0.852 bits per heavy atom. The number of carbonyl (C=O) groups is 2. The number of carbonyl (C=O) groups excluding carboxylic acids is 2. The number of esters is 2. The second kappa shape index (κ2) is 47.2. The summed E-state index contributed by atoms with van der Waals surface area (Å²) >= 11 is 0. The van der Waals surface area contributed by atoms with Crippen LogP contribution in [-0.4, -0.2) is 49.3 Å². The van der Waals surface area contributed by atoms with Crippen molar-refractivity contribution in [2.24, 2.45) is 5.73 Å². The lowest BCUT2D eigenvalue weighted by Crippen LogP contribution is -2.29. The molecule has 354 valence electrons. The molecule has 0 rings (SSSR count). The molecule has 1 unspecified atom stereocenters. The van der Waals surface area contributed by atoms with Crippen LogP contribution in [0.2, 0.25) is 0 Å². The van der Waals surface area contributed by atoms with Crippen LogP contribution in [-0.2, 0) is 32.7 Å². The molecule has 9 nitrogen and oxygen atoms in total. The SMILES string of the molecule is CCCCC/C=C/C/C=C/C/C=C/C/C=C/CCCCCC(=O)OC[C@H](COP(=O)(O)OCCN)OC(=O)CCCCCCCCCCCCC/C=C/CCCCCCCC. The van der Waals surface area contributed by atoms with Crippen LogP contribution in [0, 0.1) is 0 Å². The number of phosphoric ester groups is 1. The molecule has 0 aromatic rings. The summed E-state index contributed by atoms with van der Waals surface area (Å²) < 4.78 is 32.9. The third kappa shape index (κ3) is 47.0. The van der Waals surface area contributed by atoms with Crippen molar-refractivity contribution in [3.63, 3.8) is 0 Å². The van der Waals surface area contributed by atoms with Crippen LogP contribution in [0.1, 0.15) is 219 Å². The molecule has 10 heteroatoms. The van der Waals surface area contributed by atoms with Gasteiger partial charge in [-0.25, -0.2) is 4.57 Å². The summed E-state index contributed by atoms with van der Waals surface area (Å²) in [7, 11) is -4.39. The number of hydrogen-bond acceptors (Lipinski definition) is 8. The van der Waals surface area contributed by atoms with E-state index >= 15 is 0 Å². The minimum Gasteiger partial charge on any atom is -0.462 e. The zero-order valence-electron chi connectivity index (χ0n) is 39.1. The zero-order chi connectivity index (χ0) is 44.6. The van der Waals surface area contributed by atoms with E-state index in [9.17, 15) is 19.0 Å². The Hall–Kier alpha value is -2.29. The molecule has 0 aliphatic rings. The van der Waals surface area contributed by atoms with Crippen molar-refractivity contribution in [1.82, 2.24) is 0 Å². The van der Waals surface area contributed by atoms with Gasteiger partial charge in [-0.05, 0) is 83.5 Å². The van der Waals surface area contributed by atoms with Gasteiger partial charge in [0, 0.05) is 19.4 Å².